The fourth-order valence-corrected chi connectivity index (χ4v) is 2.84. The Morgan fingerprint density at radius 1 is 1.41 bits per heavy atom. The Labute approximate surface area is 128 Å². The highest BCUT2D eigenvalue weighted by atomic mass is 16.2. The van der Waals surface area contributed by atoms with Crippen LogP contribution in [-0.4, -0.2) is 43.9 Å². The number of hydrogen-bond donors (Lipinski definition) is 1. The Morgan fingerprint density at radius 3 is 3.05 bits per heavy atom. The number of aromatic amines is 1. The maximum atomic E-state index is 12.4. The number of rotatable bonds is 3. The molecule has 1 fully saturated rings. The first kappa shape index (κ1) is 14.5. The first-order valence-electron chi connectivity index (χ1n) is 7.45. The number of piperidine rings is 1. The van der Waals surface area contributed by atoms with Gasteiger partial charge in [-0.25, -0.2) is 4.68 Å². The second-order valence-electron chi connectivity index (χ2n) is 5.66. The third-order valence-electron chi connectivity index (χ3n) is 4.02. The van der Waals surface area contributed by atoms with Gasteiger partial charge in [-0.3, -0.25) is 14.7 Å². The predicted octanol–water partition coefficient (Wildman–Crippen LogP) is 0.681. The maximum Gasteiger partial charge on any atom is 0.267 e. The molecule has 7 nitrogen and oxygen atoms in total. The van der Waals surface area contributed by atoms with Crippen molar-refractivity contribution in [3.8, 4) is 0 Å². The number of amides is 1. The first-order valence-corrected chi connectivity index (χ1v) is 7.45. The largest absolute Gasteiger partial charge is 0.340 e. The highest BCUT2D eigenvalue weighted by molar-refractivity contribution is 5.76. The molecule has 1 saturated heterocycles. The molecule has 2 aromatic heterocycles. The maximum absolute atomic E-state index is 12.4. The van der Waals surface area contributed by atoms with Gasteiger partial charge in [-0.2, -0.15) is 10.2 Å². The van der Waals surface area contributed by atoms with Gasteiger partial charge < -0.3 is 4.90 Å². The van der Waals surface area contributed by atoms with Gasteiger partial charge in [0.05, 0.1) is 5.69 Å². The summed E-state index contributed by atoms with van der Waals surface area (Å²) in [5, 5.41) is 11.1. The van der Waals surface area contributed by atoms with Gasteiger partial charge in [0.25, 0.3) is 5.56 Å². The Bertz CT molecular complexity index is 707. The lowest BCUT2D eigenvalue weighted by Crippen LogP contribution is -2.42. The van der Waals surface area contributed by atoms with Crippen molar-refractivity contribution in [2.45, 2.75) is 32.2 Å². The van der Waals surface area contributed by atoms with E-state index in [4.69, 9.17) is 0 Å². The van der Waals surface area contributed by atoms with Gasteiger partial charge in [-0.1, -0.05) is 0 Å². The molecule has 0 aliphatic carbocycles. The smallest absolute Gasteiger partial charge is 0.267 e. The number of carbonyl (C=O) groups excluding carboxylic acids is 1. The average Bonchev–Trinajstić information content (AvgIpc) is 3.05. The number of likely N-dealkylation sites (tertiary alicyclic amines) is 1. The molecule has 0 radical (unpaired) electrons. The Hall–Kier alpha value is -2.44. The van der Waals surface area contributed by atoms with E-state index in [-0.39, 0.29) is 23.9 Å². The molecule has 0 unspecified atom stereocenters. The predicted molar refractivity (Wildman–Crippen MR) is 80.4 cm³/mol. The number of nitrogens with one attached hydrogen (secondary N) is 1. The summed E-state index contributed by atoms with van der Waals surface area (Å²) in [5.41, 5.74) is 1.53. The number of aromatic nitrogens is 4. The van der Waals surface area contributed by atoms with Crippen molar-refractivity contribution < 1.29 is 4.79 Å². The van der Waals surface area contributed by atoms with Crippen LogP contribution in [0.4, 0.5) is 0 Å². The molecule has 1 N–H and O–H groups in total. The summed E-state index contributed by atoms with van der Waals surface area (Å²) in [6.07, 6.45) is 3.71. The Morgan fingerprint density at radius 2 is 2.27 bits per heavy atom. The minimum absolute atomic E-state index is 0.00376. The van der Waals surface area contributed by atoms with Crippen LogP contribution in [-0.2, 0) is 11.3 Å². The SMILES string of the molecule is Cc1ccc(=O)n(CC(=O)N2CCC[C@@H](c3ccn[nH]3)C2)n1. The molecule has 1 aliphatic rings. The van der Waals surface area contributed by atoms with Crippen molar-refractivity contribution in [1.82, 2.24) is 24.9 Å². The van der Waals surface area contributed by atoms with E-state index >= 15 is 0 Å². The highest BCUT2D eigenvalue weighted by Crippen LogP contribution is 2.25. The van der Waals surface area contributed by atoms with E-state index in [1.807, 2.05) is 11.0 Å². The standard InChI is InChI=1S/C15H19N5O2/c1-11-4-5-14(21)20(18-11)10-15(22)19-8-2-3-12(9-19)13-6-7-16-17-13/h4-7,12H,2-3,8-10H2,1H3,(H,16,17)/t12-/m1/s1. The second-order valence-corrected chi connectivity index (χ2v) is 5.66. The van der Waals surface area contributed by atoms with Crippen LogP contribution >= 0.6 is 0 Å². The molecule has 22 heavy (non-hydrogen) atoms. The van der Waals surface area contributed by atoms with Gasteiger partial charge >= 0.3 is 0 Å². The zero-order chi connectivity index (χ0) is 15.5. The average molecular weight is 301 g/mol. The molecule has 1 atom stereocenters. The Kier molecular flexibility index (Phi) is 4.04. The summed E-state index contributed by atoms with van der Waals surface area (Å²) in [6.45, 7) is 3.18. The van der Waals surface area contributed by atoms with Gasteiger partial charge in [0.1, 0.15) is 6.54 Å². The lowest BCUT2D eigenvalue weighted by Gasteiger charge is -2.32. The number of carbonyl (C=O) groups is 1. The fraction of sp³-hybridized carbons (Fsp3) is 0.467. The van der Waals surface area contributed by atoms with Crippen LogP contribution < -0.4 is 5.56 Å². The monoisotopic (exact) mass is 301 g/mol. The van der Waals surface area contributed by atoms with E-state index in [0.717, 1.165) is 30.8 Å². The highest BCUT2D eigenvalue weighted by Gasteiger charge is 2.25. The molecule has 0 bridgehead atoms. The zero-order valence-electron chi connectivity index (χ0n) is 12.5. The lowest BCUT2D eigenvalue weighted by atomic mass is 9.95. The van der Waals surface area contributed by atoms with Crippen molar-refractivity contribution >= 4 is 5.91 Å². The van der Waals surface area contributed by atoms with Crippen molar-refractivity contribution in [3.63, 3.8) is 0 Å². The summed E-state index contributed by atoms with van der Waals surface area (Å²) in [6, 6.07) is 5.04. The summed E-state index contributed by atoms with van der Waals surface area (Å²) in [5.74, 6) is 0.215. The molecule has 0 aromatic carbocycles. The molecular formula is C15H19N5O2. The van der Waals surface area contributed by atoms with Crippen molar-refractivity contribution in [2.75, 3.05) is 13.1 Å². The minimum atomic E-state index is -0.249. The third-order valence-corrected chi connectivity index (χ3v) is 4.02. The zero-order valence-corrected chi connectivity index (χ0v) is 12.5. The van der Waals surface area contributed by atoms with Gasteiger partial charge in [0.15, 0.2) is 0 Å². The van der Waals surface area contributed by atoms with E-state index < -0.39 is 0 Å². The van der Waals surface area contributed by atoms with Crippen LogP contribution in [0, 0.1) is 6.92 Å². The van der Waals surface area contributed by atoms with Crippen LogP contribution in [0.5, 0.6) is 0 Å². The number of hydrogen-bond acceptors (Lipinski definition) is 4. The van der Waals surface area contributed by atoms with Crippen LogP contribution in [0.1, 0.15) is 30.1 Å². The van der Waals surface area contributed by atoms with Crippen LogP contribution in [0.15, 0.2) is 29.2 Å². The number of H-pyrrole nitrogens is 1. The first-order chi connectivity index (χ1) is 10.6. The fourth-order valence-electron chi connectivity index (χ4n) is 2.84. The Balaban J connectivity index is 1.69. The molecule has 2 aromatic rings. The molecular weight excluding hydrogens is 282 g/mol. The molecule has 7 heteroatoms. The summed E-state index contributed by atoms with van der Waals surface area (Å²) >= 11 is 0. The van der Waals surface area contributed by atoms with Crippen molar-refractivity contribution in [2.24, 2.45) is 0 Å². The molecule has 3 rings (SSSR count). The summed E-state index contributed by atoms with van der Waals surface area (Å²) in [4.78, 5) is 26.0. The second kappa shape index (κ2) is 6.13. The van der Waals surface area contributed by atoms with Gasteiger partial charge in [0.2, 0.25) is 5.91 Å². The molecule has 1 aliphatic heterocycles. The normalized spacial score (nSPS) is 18.4. The molecule has 0 saturated carbocycles. The van der Waals surface area contributed by atoms with Crippen molar-refractivity contribution in [3.05, 3.63) is 46.1 Å². The molecule has 0 spiro atoms. The van der Waals surface area contributed by atoms with Gasteiger partial charge in [-0.05, 0) is 31.9 Å². The lowest BCUT2D eigenvalue weighted by molar-refractivity contribution is -0.133. The number of nitrogens with zero attached hydrogens (tertiary/aromatic N) is 4. The third kappa shape index (κ3) is 3.08. The van der Waals surface area contributed by atoms with E-state index in [1.165, 1.54) is 10.7 Å². The van der Waals surface area contributed by atoms with Gasteiger partial charge in [0, 0.05) is 37.0 Å². The van der Waals surface area contributed by atoms with E-state index in [0.29, 0.717) is 6.54 Å². The topological polar surface area (TPSA) is 83.9 Å². The van der Waals surface area contributed by atoms with Crippen LogP contribution in [0.2, 0.25) is 0 Å². The number of aryl methyl sites for hydroxylation is 1. The van der Waals surface area contributed by atoms with E-state index in [9.17, 15) is 9.59 Å². The van der Waals surface area contributed by atoms with Crippen LogP contribution in [0.3, 0.4) is 0 Å². The molecule has 1 amide bonds. The molecule has 3 heterocycles. The van der Waals surface area contributed by atoms with Gasteiger partial charge in [-0.15, -0.1) is 0 Å². The van der Waals surface area contributed by atoms with Crippen molar-refractivity contribution in [1.29, 1.82) is 0 Å². The quantitative estimate of drug-likeness (QED) is 0.903. The summed E-state index contributed by atoms with van der Waals surface area (Å²) < 4.78 is 1.23. The minimum Gasteiger partial charge on any atom is -0.340 e. The van der Waals surface area contributed by atoms with Crippen LogP contribution in [0.25, 0.3) is 0 Å². The summed E-state index contributed by atoms with van der Waals surface area (Å²) in [7, 11) is 0. The molecule has 116 valence electrons. The van der Waals surface area contributed by atoms with E-state index in [1.54, 1.807) is 19.2 Å². The van der Waals surface area contributed by atoms with E-state index in [2.05, 4.69) is 15.3 Å².